The predicted octanol–water partition coefficient (Wildman–Crippen LogP) is 3.26. The number of amides is 2. The van der Waals surface area contributed by atoms with Crippen molar-refractivity contribution < 1.29 is 19.1 Å². The first-order chi connectivity index (χ1) is 16.0. The highest BCUT2D eigenvalue weighted by molar-refractivity contribution is 5.95. The first-order valence-electron chi connectivity index (χ1n) is 11.7. The van der Waals surface area contributed by atoms with Crippen LogP contribution in [0.2, 0.25) is 0 Å². The van der Waals surface area contributed by atoms with Crippen LogP contribution >= 0.6 is 0 Å². The molecule has 176 valence electrons. The van der Waals surface area contributed by atoms with Crippen molar-refractivity contribution in [1.82, 2.24) is 9.80 Å². The van der Waals surface area contributed by atoms with E-state index in [9.17, 15) is 9.59 Å². The molecule has 0 aliphatic carbocycles. The summed E-state index contributed by atoms with van der Waals surface area (Å²) in [5.41, 5.74) is 3.75. The van der Waals surface area contributed by atoms with Gasteiger partial charge in [-0.3, -0.25) is 14.5 Å². The summed E-state index contributed by atoms with van der Waals surface area (Å²) in [4.78, 5) is 29.3. The number of rotatable bonds is 7. The summed E-state index contributed by atoms with van der Waals surface area (Å²) in [7, 11) is 0. The lowest BCUT2D eigenvalue weighted by molar-refractivity contribution is -0.117. The number of aryl methyl sites for hydroxylation is 1. The van der Waals surface area contributed by atoms with Gasteiger partial charge in [0.15, 0.2) is 0 Å². The highest BCUT2D eigenvalue weighted by Crippen LogP contribution is 2.19. The Morgan fingerprint density at radius 1 is 1.06 bits per heavy atom. The van der Waals surface area contributed by atoms with E-state index in [0.717, 1.165) is 42.0 Å². The zero-order chi connectivity index (χ0) is 23.2. The third kappa shape index (κ3) is 6.12. The maximum atomic E-state index is 12.9. The Morgan fingerprint density at radius 2 is 1.82 bits per heavy atom. The van der Waals surface area contributed by atoms with Crippen molar-refractivity contribution >= 4 is 17.5 Å². The van der Waals surface area contributed by atoms with E-state index in [1.54, 1.807) is 0 Å². The molecular weight excluding hydrogens is 418 g/mol. The molecule has 1 N–H and O–H groups in total. The molecule has 2 saturated heterocycles. The fourth-order valence-corrected chi connectivity index (χ4v) is 4.23. The maximum absolute atomic E-state index is 12.9. The summed E-state index contributed by atoms with van der Waals surface area (Å²) in [5, 5.41) is 3.01. The Morgan fingerprint density at radius 3 is 2.52 bits per heavy atom. The summed E-state index contributed by atoms with van der Waals surface area (Å²) >= 11 is 0. The summed E-state index contributed by atoms with van der Waals surface area (Å²) in [6.45, 7) is 8.29. The molecule has 2 aliphatic rings. The number of ether oxygens (including phenoxy) is 2. The highest BCUT2D eigenvalue weighted by Gasteiger charge is 2.23. The molecule has 1 atom stereocenters. The van der Waals surface area contributed by atoms with Gasteiger partial charge in [0, 0.05) is 44.0 Å². The second kappa shape index (κ2) is 10.8. The van der Waals surface area contributed by atoms with Crippen LogP contribution in [0.1, 0.15) is 34.3 Å². The zero-order valence-electron chi connectivity index (χ0n) is 19.5. The van der Waals surface area contributed by atoms with Gasteiger partial charge >= 0.3 is 0 Å². The van der Waals surface area contributed by atoms with Crippen molar-refractivity contribution in [3.05, 3.63) is 59.2 Å². The summed E-state index contributed by atoms with van der Waals surface area (Å²) in [6, 6.07) is 13.2. The number of carbonyl (C=O) groups is 2. The number of carbonyl (C=O) groups excluding carboxylic acids is 2. The molecule has 0 radical (unpaired) electrons. The van der Waals surface area contributed by atoms with E-state index < -0.39 is 0 Å². The van der Waals surface area contributed by atoms with Gasteiger partial charge < -0.3 is 19.7 Å². The first kappa shape index (κ1) is 23.3. The Balaban J connectivity index is 1.22. The van der Waals surface area contributed by atoms with Gasteiger partial charge in [-0.2, -0.15) is 0 Å². The van der Waals surface area contributed by atoms with Crippen molar-refractivity contribution in [3.8, 4) is 5.75 Å². The van der Waals surface area contributed by atoms with Gasteiger partial charge in [0.1, 0.15) is 12.4 Å². The van der Waals surface area contributed by atoms with Crippen LogP contribution in [0.3, 0.4) is 0 Å². The largest absolute Gasteiger partial charge is 0.491 e. The van der Waals surface area contributed by atoms with Crippen LogP contribution in [-0.4, -0.2) is 73.7 Å². The van der Waals surface area contributed by atoms with Gasteiger partial charge in [-0.05, 0) is 68.1 Å². The first-order valence-corrected chi connectivity index (χ1v) is 11.7. The molecule has 2 amide bonds. The molecule has 0 saturated carbocycles. The van der Waals surface area contributed by atoms with Crippen LogP contribution in [0.15, 0.2) is 42.5 Å². The van der Waals surface area contributed by atoms with Crippen LogP contribution in [0, 0.1) is 13.8 Å². The Kier molecular flexibility index (Phi) is 7.62. The SMILES string of the molecule is Cc1cccc(NC(=O)CN2CCN(C(=O)c3ccc(OC[C@@H]4CCCO4)cc3)CC2)c1C. The number of nitrogens with one attached hydrogen (secondary N) is 1. The molecule has 0 unspecified atom stereocenters. The summed E-state index contributed by atoms with van der Waals surface area (Å²) in [5.74, 6) is 0.740. The van der Waals surface area contributed by atoms with E-state index in [0.29, 0.717) is 44.9 Å². The fraction of sp³-hybridized carbons (Fsp3) is 0.462. The smallest absolute Gasteiger partial charge is 0.253 e. The fourth-order valence-electron chi connectivity index (χ4n) is 4.23. The van der Waals surface area contributed by atoms with Crippen molar-refractivity contribution in [3.63, 3.8) is 0 Å². The van der Waals surface area contributed by atoms with E-state index >= 15 is 0 Å². The maximum Gasteiger partial charge on any atom is 0.253 e. The topological polar surface area (TPSA) is 71.1 Å². The normalized spacial score (nSPS) is 18.8. The van der Waals surface area contributed by atoms with Crippen LogP contribution in [0.4, 0.5) is 5.69 Å². The lowest BCUT2D eigenvalue weighted by Gasteiger charge is -2.34. The molecule has 7 heteroatoms. The van der Waals surface area contributed by atoms with E-state index in [1.165, 1.54) is 0 Å². The summed E-state index contributed by atoms with van der Waals surface area (Å²) < 4.78 is 11.4. The zero-order valence-corrected chi connectivity index (χ0v) is 19.5. The monoisotopic (exact) mass is 451 g/mol. The van der Waals surface area contributed by atoms with E-state index in [1.807, 2.05) is 61.2 Å². The molecule has 2 aromatic rings. The van der Waals surface area contributed by atoms with Crippen molar-refractivity contribution in [2.45, 2.75) is 32.8 Å². The number of anilines is 1. The van der Waals surface area contributed by atoms with Crippen LogP contribution in [0.25, 0.3) is 0 Å². The number of benzene rings is 2. The van der Waals surface area contributed by atoms with Gasteiger partial charge in [0.25, 0.3) is 5.91 Å². The Labute approximate surface area is 195 Å². The summed E-state index contributed by atoms with van der Waals surface area (Å²) in [6.07, 6.45) is 2.30. The molecule has 2 fully saturated rings. The number of hydrogen-bond donors (Lipinski definition) is 1. The van der Waals surface area contributed by atoms with Crippen LogP contribution < -0.4 is 10.1 Å². The minimum absolute atomic E-state index is 0.0140. The third-order valence-electron chi connectivity index (χ3n) is 6.47. The van der Waals surface area contributed by atoms with Gasteiger partial charge in [-0.1, -0.05) is 12.1 Å². The molecular formula is C26H33N3O4. The van der Waals surface area contributed by atoms with Gasteiger partial charge in [0.2, 0.25) is 5.91 Å². The molecule has 2 heterocycles. The van der Waals surface area contributed by atoms with Crippen molar-refractivity contribution in [2.24, 2.45) is 0 Å². The molecule has 0 aromatic heterocycles. The molecule has 4 rings (SSSR count). The van der Waals surface area contributed by atoms with Crippen molar-refractivity contribution in [1.29, 1.82) is 0 Å². The Bertz CT molecular complexity index is 962. The van der Waals surface area contributed by atoms with Gasteiger partial charge in [-0.15, -0.1) is 0 Å². The number of nitrogens with zero attached hydrogens (tertiary/aromatic N) is 2. The second-order valence-electron chi connectivity index (χ2n) is 8.83. The molecule has 7 nitrogen and oxygen atoms in total. The average molecular weight is 452 g/mol. The van der Waals surface area contributed by atoms with Crippen LogP contribution in [0.5, 0.6) is 5.75 Å². The standard InChI is InChI=1S/C26H33N3O4/c1-19-5-3-7-24(20(19)2)27-25(30)17-28-12-14-29(15-13-28)26(31)21-8-10-22(11-9-21)33-18-23-6-4-16-32-23/h3,5,7-11,23H,4,6,12-18H2,1-2H3,(H,27,30)/t23-/m0/s1. The average Bonchev–Trinajstić information content (AvgIpc) is 3.35. The third-order valence-corrected chi connectivity index (χ3v) is 6.47. The lowest BCUT2D eigenvalue weighted by atomic mass is 10.1. The molecule has 0 spiro atoms. The second-order valence-corrected chi connectivity index (χ2v) is 8.83. The molecule has 2 aromatic carbocycles. The highest BCUT2D eigenvalue weighted by atomic mass is 16.5. The minimum atomic E-state index is -0.0259. The van der Waals surface area contributed by atoms with Crippen LogP contribution in [-0.2, 0) is 9.53 Å². The number of piperazine rings is 1. The number of hydrogen-bond acceptors (Lipinski definition) is 5. The van der Waals surface area contributed by atoms with Gasteiger partial charge in [0.05, 0.1) is 12.6 Å². The van der Waals surface area contributed by atoms with Crippen molar-refractivity contribution in [2.75, 3.05) is 51.3 Å². The van der Waals surface area contributed by atoms with E-state index in [-0.39, 0.29) is 17.9 Å². The molecule has 33 heavy (non-hydrogen) atoms. The molecule has 2 aliphatic heterocycles. The lowest BCUT2D eigenvalue weighted by Crippen LogP contribution is -2.50. The van der Waals surface area contributed by atoms with E-state index in [4.69, 9.17) is 9.47 Å². The Hall–Kier alpha value is -2.90. The van der Waals surface area contributed by atoms with Gasteiger partial charge in [-0.25, -0.2) is 0 Å². The predicted molar refractivity (Wildman–Crippen MR) is 128 cm³/mol. The quantitative estimate of drug-likeness (QED) is 0.700. The molecule has 0 bridgehead atoms. The van der Waals surface area contributed by atoms with E-state index in [2.05, 4.69) is 10.2 Å². The minimum Gasteiger partial charge on any atom is -0.491 e.